The molecule has 3 nitrogen and oxygen atoms in total. The zero-order valence-electron chi connectivity index (χ0n) is 10.1. The van der Waals surface area contributed by atoms with E-state index in [1.165, 1.54) is 28.4 Å². The van der Waals surface area contributed by atoms with E-state index in [2.05, 4.69) is 24.1 Å². The Morgan fingerprint density at radius 3 is 3.00 bits per heavy atom. The van der Waals surface area contributed by atoms with E-state index in [1.54, 1.807) is 0 Å². The van der Waals surface area contributed by atoms with Gasteiger partial charge in [0.05, 0.1) is 16.8 Å². The van der Waals surface area contributed by atoms with E-state index in [0.29, 0.717) is 6.10 Å². The van der Waals surface area contributed by atoms with Crippen molar-refractivity contribution in [2.45, 2.75) is 39.2 Å². The molecule has 0 aromatic carbocycles. The summed E-state index contributed by atoms with van der Waals surface area (Å²) in [6.45, 7) is 7.15. The van der Waals surface area contributed by atoms with E-state index in [1.807, 2.05) is 11.3 Å². The van der Waals surface area contributed by atoms with Crippen LogP contribution < -0.4 is 5.32 Å². The number of rotatable bonds is 5. The minimum atomic E-state index is 0.444. The lowest BCUT2D eigenvalue weighted by Gasteiger charge is -2.09. The third-order valence-electron chi connectivity index (χ3n) is 2.98. The zero-order valence-corrected chi connectivity index (χ0v) is 10.9. The van der Waals surface area contributed by atoms with Gasteiger partial charge in [0.2, 0.25) is 0 Å². The van der Waals surface area contributed by atoms with Gasteiger partial charge in [-0.05, 0) is 26.7 Å². The van der Waals surface area contributed by atoms with Crippen LogP contribution in [-0.4, -0.2) is 30.8 Å². The van der Waals surface area contributed by atoms with E-state index in [9.17, 15) is 0 Å². The third kappa shape index (κ3) is 3.27. The monoisotopic (exact) mass is 240 g/mol. The van der Waals surface area contributed by atoms with Gasteiger partial charge in [-0.15, -0.1) is 11.3 Å². The van der Waals surface area contributed by atoms with Gasteiger partial charge in [-0.2, -0.15) is 0 Å². The topological polar surface area (TPSA) is 34.2 Å². The van der Waals surface area contributed by atoms with Gasteiger partial charge in [-0.1, -0.05) is 0 Å². The summed E-state index contributed by atoms with van der Waals surface area (Å²) in [5.74, 6) is 0. The Labute approximate surface area is 101 Å². The molecule has 1 N–H and O–H groups in total. The molecule has 0 bridgehead atoms. The number of ether oxygens (including phenoxy) is 1. The molecule has 0 saturated carbocycles. The van der Waals surface area contributed by atoms with Crippen molar-refractivity contribution >= 4 is 11.3 Å². The quantitative estimate of drug-likeness (QED) is 0.800. The smallest absolute Gasteiger partial charge is 0.0943 e. The molecule has 1 saturated heterocycles. The van der Waals surface area contributed by atoms with E-state index >= 15 is 0 Å². The summed E-state index contributed by atoms with van der Waals surface area (Å²) < 4.78 is 5.55. The highest BCUT2D eigenvalue weighted by Gasteiger charge is 2.14. The fraction of sp³-hybridized carbons (Fsp3) is 0.750. The van der Waals surface area contributed by atoms with E-state index in [0.717, 1.165) is 26.1 Å². The molecule has 4 heteroatoms. The van der Waals surface area contributed by atoms with Crippen LogP contribution in [0.2, 0.25) is 0 Å². The minimum absolute atomic E-state index is 0.444. The van der Waals surface area contributed by atoms with Crippen LogP contribution in [-0.2, 0) is 11.2 Å². The van der Waals surface area contributed by atoms with Crippen LogP contribution in [0, 0.1) is 13.8 Å². The Bertz CT molecular complexity index is 312. The van der Waals surface area contributed by atoms with Crippen LogP contribution in [0.15, 0.2) is 0 Å². The Morgan fingerprint density at radius 1 is 1.50 bits per heavy atom. The van der Waals surface area contributed by atoms with Crippen LogP contribution >= 0.6 is 11.3 Å². The molecule has 90 valence electrons. The molecule has 0 aliphatic carbocycles. The van der Waals surface area contributed by atoms with Crippen LogP contribution in [0.25, 0.3) is 0 Å². The molecule has 0 spiro atoms. The highest BCUT2D eigenvalue weighted by atomic mass is 32.1. The van der Waals surface area contributed by atoms with Gasteiger partial charge < -0.3 is 10.1 Å². The molecule has 1 aromatic heterocycles. The largest absolute Gasteiger partial charge is 0.377 e. The van der Waals surface area contributed by atoms with E-state index in [4.69, 9.17) is 4.74 Å². The van der Waals surface area contributed by atoms with Crippen molar-refractivity contribution < 1.29 is 4.74 Å². The van der Waals surface area contributed by atoms with Crippen molar-refractivity contribution in [2.75, 3.05) is 19.7 Å². The molecule has 1 aromatic rings. The second kappa shape index (κ2) is 5.75. The number of hydrogen-bond acceptors (Lipinski definition) is 4. The van der Waals surface area contributed by atoms with Gasteiger partial charge in [-0.3, -0.25) is 0 Å². The molecule has 0 radical (unpaired) electrons. The number of nitrogens with zero attached hydrogens (tertiary/aromatic N) is 1. The lowest BCUT2D eigenvalue weighted by atomic mass is 10.2. The maximum atomic E-state index is 5.55. The van der Waals surface area contributed by atoms with Crippen molar-refractivity contribution in [2.24, 2.45) is 0 Å². The first-order valence-electron chi connectivity index (χ1n) is 6.01. The Hall–Kier alpha value is -0.450. The number of thiazole rings is 1. The summed E-state index contributed by atoms with van der Waals surface area (Å²) in [6.07, 6.45) is 3.91. The van der Waals surface area contributed by atoms with Gasteiger partial charge in [0.15, 0.2) is 0 Å². The van der Waals surface area contributed by atoms with Gasteiger partial charge >= 0.3 is 0 Å². The average Bonchev–Trinajstić information content (AvgIpc) is 2.85. The first kappa shape index (κ1) is 12.0. The molecule has 2 heterocycles. The Kier molecular flexibility index (Phi) is 4.32. The first-order chi connectivity index (χ1) is 7.75. The molecule has 2 rings (SSSR count). The molecular formula is C12H20N2OS. The third-order valence-corrected chi connectivity index (χ3v) is 4.12. The zero-order chi connectivity index (χ0) is 11.4. The van der Waals surface area contributed by atoms with Crippen molar-refractivity contribution in [1.29, 1.82) is 0 Å². The minimum Gasteiger partial charge on any atom is -0.377 e. The summed E-state index contributed by atoms with van der Waals surface area (Å²) in [7, 11) is 0. The number of aryl methyl sites for hydroxylation is 2. The predicted octanol–water partition coefficient (Wildman–Crippen LogP) is 2.07. The molecule has 1 aliphatic rings. The van der Waals surface area contributed by atoms with Crippen molar-refractivity contribution in [3.63, 3.8) is 0 Å². The second-order valence-electron chi connectivity index (χ2n) is 4.34. The molecule has 16 heavy (non-hydrogen) atoms. The Balaban J connectivity index is 1.64. The summed E-state index contributed by atoms with van der Waals surface area (Å²) in [4.78, 5) is 5.87. The Morgan fingerprint density at radius 2 is 2.38 bits per heavy atom. The summed E-state index contributed by atoms with van der Waals surface area (Å²) in [6, 6.07) is 0. The van der Waals surface area contributed by atoms with E-state index in [-0.39, 0.29) is 0 Å². The highest BCUT2D eigenvalue weighted by molar-refractivity contribution is 7.11. The van der Waals surface area contributed by atoms with Gasteiger partial charge in [0.25, 0.3) is 0 Å². The maximum Gasteiger partial charge on any atom is 0.0943 e. The van der Waals surface area contributed by atoms with Crippen molar-refractivity contribution in [3.05, 3.63) is 15.6 Å². The second-order valence-corrected chi connectivity index (χ2v) is 5.63. The molecule has 1 aliphatic heterocycles. The van der Waals surface area contributed by atoms with Gasteiger partial charge in [0.1, 0.15) is 0 Å². The highest BCUT2D eigenvalue weighted by Crippen LogP contribution is 2.16. The number of aromatic nitrogens is 1. The van der Waals surface area contributed by atoms with Gasteiger partial charge in [-0.25, -0.2) is 4.98 Å². The maximum absolute atomic E-state index is 5.55. The van der Waals surface area contributed by atoms with Crippen molar-refractivity contribution in [1.82, 2.24) is 10.3 Å². The molecular weight excluding hydrogens is 220 g/mol. The van der Waals surface area contributed by atoms with E-state index < -0.39 is 0 Å². The molecule has 1 unspecified atom stereocenters. The molecule has 0 amide bonds. The number of nitrogens with one attached hydrogen (secondary N) is 1. The van der Waals surface area contributed by atoms with Crippen molar-refractivity contribution in [3.8, 4) is 0 Å². The van der Waals surface area contributed by atoms with Crippen LogP contribution in [0.5, 0.6) is 0 Å². The SMILES string of the molecule is Cc1nc(CCNCC2CCCO2)sc1C. The molecule has 1 atom stereocenters. The fourth-order valence-corrected chi connectivity index (χ4v) is 2.84. The lowest BCUT2D eigenvalue weighted by Crippen LogP contribution is -2.27. The van der Waals surface area contributed by atoms with Crippen LogP contribution in [0.1, 0.15) is 28.4 Å². The normalized spacial score (nSPS) is 20.5. The summed E-state index contributed by atoms with van der Waals surface area (Å²) in [5.41, 5.74) is 1.18. The molecule has 1 fully saturated rings. The predicted molar refractivity (Wildman–Crippen MR) is 67.1 cm³/mol. The average molecular weight is 240 g/mol. The standard InChI is InChI=1S/C12H20N2OS/c1-9-10(2)16-12(14-9)5-6-13-8-11-4-3-7-15-11/h11,13H,3-8H2,1-2H3. The van der Waals surface area contributed by atoms with Crippen LogP contribution in [0.3, 0.4) is 0 Å². The summed E-state index contributed by atoms with van der Waals surface area (Å²) in [5, 5.41) is 4.69. The number of hydrogen-bond donors (Lipinski definition) is 1. The first-order valence-corrected chi connectivity index (χ1v) is 6.82. The fourth-order valence-electron chi connectivity index (χ4n) is 1.91. The van der Waals surface area contributed by atoms with Crippen LogP contribution in [0.4, 0.5) is 0 Å². The van der Waals surface area contributed by atoms with Gasteiger partial charge in [0, 0.05) is 31.0 Å². The lowest BCUT2D eigenvalue weighted by molar-refractivity contribution is 0.110. The summed E-state index contributed by atoms with van der Waals surface area (Å²) >= 11 is 1.81.